The average Bonchev–Trinajstić information content (AvgIpc) is 3.31. The van der Waals surface area contributed by atoms with Crippen LogP contribution in [0.2, 0.25) is 5.02 Å². The van der Waals surface area contributed by atoms with Crippen LogP contribution in [-0.4, -0.2) is 32.9 Å². The summed E-state index contributed by atoms with van der Waals surface area (Å²) in [6, 6.07) is 6.66. The van der Waals surface area contributed by atoms with Crippen molar-refractivity contribution in [1.29, 1.82) is 0 Å². The minimum Gasteiger partial charge on any atom is -0.496 e. The van der Waals surface area contributed by atoms with Crippen LogP contribution in [-0.2, 0) is 11.2 Å². The van der Waals surface area contributed by atoms with Crippen molar-refractivity contribution < 1.29 is 9.47 Å². The molecule has 0 radical (unpaired) electrons. The number of rotatable bonds is 6. The molecule has 1 aromatic carbocycles. The number of ether oxygens (including phenoxy) is 2. The Morgan fingerprint density at radius 1 is 1.33 bits per heavy atom. The lowest BCUT2D eigenvalue weighted by Crippen LogP contribution is -2.41. The van der Waals surface area contributed by atoms with Crippen molar-refractivity contribution in [1.82, 2.24) is 5.32 Å². The summed E-state index contributed by atoms with van der Waals surface area (Å²) < 4.78 is 11.1. The fourth-order valence-electron chi connectivity index (χ4n) is 3.16. The quantitative estimate of drug-likeness (QED) is 0.873. The van der Waals surface area contributed by atoms with Crippen molar-refractivity contribution in [3.8, 4) is 5.75 Å². The molecular weight excluding hydrogens is 286 g/mol. The van der Waals surface area contributed by atoms with Gasteiger partial charge in [-0.1, -0.05) is 11.6 Å². The molecule has 2 fully saturated rings. The van der Waals surface area contributed by atoms with E-state index in [-0.39, 0.29) is 5.41 Å². The maximum absolute atomic E-state index is 6.18. The van der Waals surface area contributed by atoms with Crippen LogP contribution >= 0.6 is 11.6 Å². The van der Waals surface area contributed by atoms with Crippen molar-refractivity contribution in [3.05, 3.63) is 28.8 Å². The van der Waals surface area contributed by atoms with E-state index in [1.54, 1.807) is 7.11 Å². The molecule has 0 aromatic heterocycles. The number of nitrogens with one attached hydrogen (secondary N) is 1. The summed E-state index contributed by atoms with van der Waals surface area (Å²) in [5.74, 6) is 0.941. The van der Waals surface area contributed by atoms with E-state index in [9.17, 15) is 0 Å². The number of hydrogen-bond donors (Lipinski definition) is 1. The van der Waals surface area contributed by atoms with Crippen LogP contribution in [0.25, 0.3) is 0 Å². The van der Waals surface area contributed by atoms with E-state index in [0.717, 1.165) is 55.8 Å². The van der Waals surface area contributed by atoms with Crippen LogP contribution < -0.4 is 10.1 Å². The maximum Gasteiger partial charge on any atom is 0.122 e. The standard InChI is InChI=1S/C17H24ClNO2/c1-20-16-5-2-14(18)10-13(16)11-17(6-8-21-9-7-17)12-19-15-3-4-15/h2,5,10,15,19H,3-4,6-9,11-12H2,1H3. The molecule has 2 aliphatic rings. The van der Waals surface area contributed by atoms with Crippen LogP contribution in [0.15, 0.2) is 18.2 Å². The number of methoxy groups -OCH3 is 1. The largest absolute Gasteiger partial charge is 0.496 e. The van der Waals surface area contributed by atoms with Crippen LogP contribution in [0.5, 0.6) is 5.75 Å². The molecule has 0 atom stereocenters. The third-order valence-electron chi connectivity index (χ3n) is 4.70. The van der Waals surface area contributed by atoms with Gasteiger partial charge in [0.25, 0.3) is 0 Å². The minimum atomic E-state index is 0.263. The highest BCUT2D eigenvalue weighted by atomic mass is 35.5. The maximum atomic E-state index is 6.18. The zero-order chi connectivity index (χ0) is 14.7. The molecule has 1 aliphatic heterocycles. The summed E-state index contributed by atoms with van der Waals surface area (Å²) in [7, 11) is 1.73. The average molecular weight is 310 g/mol. The van der Waals surface area contributed by atoms with Gasteiger partial charge in [0.05, 0.1) is 7.11 Å². The molecule has 0 unspecified atom stereocenters. The van der Waals surface area contributed by atoms with Gasteiger partial charge in [-0.3, -0.25) is 0 Å². The second-order valence-corrected chi connectivity index (χ2v) is 6.84. The molecule has 1 heterocycles. The van der Waals surface area contributed by atoms with E-state index in [1.807, 2.05) is 12.1 Å². The summed E-state index contributed by atoms with van der Waals surface area (Å²) in [5.41, 5.74) is 1.48. The third-order valence-corrected chi connectivity index (χ3v) is 4.94. The van der Waals surface area contributed by atoms with E-state index in [2.05, 4.69) is 11.4 Å². The second-order valence-electron chi connectivity index (χ2n) is 6.40. The first kappa shape index (κ1) is 15.1. The van der Waals surface area contributed by atoms with Gasteiger partial charge in [0, 0.05) is 30.8 Å². The van der Waals surface area contributed by atoms with Crippen molar-refractivity contribution in [2.24, 2.45) is 5.41 Å². The van der Waals surface area contributed by atoms with E-state index in [0.29, 0.717) is 0 Å². The minimum absolute atomic E-state index is 0.263. The van der Waals surface area contributed by atoms with Crippen molar-refractivity contribution in [2.45, 2.75) is 38.1 Å². The molecule has 0 amide bonds. The molecule has 21 heavy (non-hydrogen) atoms. The molecule has 1 saturated heterocycles. The smallest absolute Gasteiger partial charge is 0.122 e. The van der Waals surface area contributed by atoms with Crippen molar-refractivity contribution in [3.63, 3.8) is 0 Å². The first-order valence-electron chi connectivity index (χ1n) is 7.84. The molecule has 0 bridgehead atoms. The second kappa shape index (κ2) is 6.55. The van der Waals surface area contributed by atoms with E-state index in [1.165, 1.54) is 18.4 Å². The van der Waals surface area contributed by atoms with Crippen molar-refractivity contribution >= 4 is 11.6 Å². The lowest BCUT2D eigenvalue weighted by atomic mass is 9.75. The third kappa shape index (κ3) is 3.91. The van der Waals surface area contributed by atoms with Gasteiger partial charge in [-0.15, -0.1) is 0 Å². The van der Waals surface area contributed by atoms with Crippen LogP contribution in [0.3, 0.4) is 0 Å². The highest BCUT2D eigenvalue weighted by molar-refractivity contribution is 6.30. The molecule has 1 aliphatic carbocycles. The fraction of sp³-hybridized carbons (Fsp3) is 0.647. The first-order chi connectivity index (χ1) is 10.2. The predicted octanol–water partition coefficient (Wildman–Crippen LogP) is 3.44. The molecule has 3 nitrogen and oxygen atoms in total. The van der Waals surface area contributed by atoms with Gasteiger partial charge in [-0.25, -0.2) is 0 Å². The summed E-state index contributed by atoms with van der Waals surface area (Å²) >= 11 is 6.18. The SMILES string of the molecule is COc1ccc(Cl)cc1CC1(CNC2CC2)CCOCC1. The van der Waals surface area contributed by atoms with Gasteiger partial charge < -0.3 is 14.8 Å². The zero-order valence-electron chi connectivity index (χ0n) is 12.7. The van der Waals surface area contributed by atoms with E-state index < -0.39 is 0 Å². The van der Waals surface area contributed by atoms with Crippen LogP contribution in [0, 0.1) is 5.41 Å². The van der Waals surface area contributed by atoms with Gasteiger partial charge in [-0.05, 0) is 61.3 Å². The zero-order valence-corrected chi connectivity index (χ0v) is 13.4. The molecular formula is C17H24ClNO2. The molecule has 116 valence electrons. The molecule has 3 rings (SSSR count). The Morgan fingerprint density at radius 2 is 2.10 bits per heavy atom. The van der Waals surface area contributed by atoms with Gasteiger partial charge in [0.2, 0.25) is 0 Å². The molecule has 1 saturated carbocycles. The normalized spacial score (nSPS) is 21.2. The van der Waals surface area contributed by atoms with Gasteiger partial charge >= 0.3 is 0 Å². The van der Waals surface area contributed by atoms with Crippen LogP contribution in [0.1, 0.15) is 31.2 Å². The fourth-order valence-corrected chi connectivity index (χ4v) is 3.35. The van der Waals surface area contributed by atoms with Gasteiger partial charge in [0.1, 0.15) is 5.75 Å². The summed E-state index contributed by atoms with van der Waals surface area (Å²) in [6.45, 7) is 2.78. The lowest BCUT2D eigenvalue weighted by molar-refractivity contribution is 0.0145. The monoisotopic (exact) mass is 309 g/mol. The highest BCUT2D eigenvalue weighted by Crippen LogP contribution is 2.38. The molecule has 4 heteroatoms. The van der Waals surface area contributed by atoms with Gasteiger partial charge in [0.15, 0.2) is 0 Å². The first-order valence-corrected chi connectivity index (χ1v) is 8.22. The topological polar surface area (TPSA) is 30.5 Å². The van der Waals surface area contributed by atoms with Crippen LogP contribution in [0.4, 0.5) is 0 Å². The Hall–Kier alpha value is -0.770. The molecule has 0 spiro atoms. The number of hydrogen-bond acceptors (Lipinski definition) is 3. The molecule has 1 aromatic rings. The Bertz CT molecular complexity index is 482. The Morgan fingerprint density at radius 3 is 2.76 bits per heavy atom. The number of benzene rings is 1. The Labute approximate surface area is 132 Å². The van der Waals surface area contributed by atoms with Gasteiger partial charge in [-0.2, -0.15) is 0 Å². The number of halogens is 1. The summed E-state index contributed by atoms with van der Waals surface area (Å²) in [5, 5.41) is 4.49. The lowest BCUT2D eigenvalue weighted by Gasteiger charge is -2.38. The predicted molar refractivity (Wildman–Crippen MR) is 85.2 cm³/mol. The summed E-state index contributed by atoms with van der Waals surface area (Å²) in [6.07, 6.45) is 5.85. The Kier molecular flexibility index (Phi) is 4.72. The van der Waals surface area contributed by atoms with Crippen molar-refractivity contribution in [2.75, 3.05) is 26.9 Å². The van der Waals surface area contributed by atoms with E-state index >= 15 is 0 Å². The van der Waals surface area contributed by atoms with E-state index in [4.69, 9.17) is 21.1 Å². The highest BCUT2D eigenvalue weighted by Gasteiger charge is 2.35. The Balaban J connectivity index is 1.77. The molecule has 1 N–H and O–H groups in total. The summed E-state index contributed by atoms with van der Waals surface area (Å²) in [4.78, 5) is 0.